The molecule has 16 heavy (non-hydrogen) atoms. The normalized spacial score (nSPS) is 29.8. The van der Waals surface area contributed by atoms with Crippen LogP contribution in [0.1, 0.15) is 13.8 Å². The summed E-state index contributed by atoms with van der Waals surface area (Å²) in [6.45, 7) is 4.74. The summed E-state index contributed by atoms with van der Waals surface area (Å²) in [5, 5.41) is 11.7. The Bertz CT molecular complexity index is 261. The molecule has 0 amide bonds. The van der Waals surface area contributed by atoms with E-state index < -0.39 is 12.1 Å². The van der Waals surface area contributed by atoms with Crippen LogP contribution < -0.4 is 5.32 Å². The summed E-state index contributed by atoms with van der Waals surface area (Å²) in [7, 11) is 0. The van der Waals surface area contributed by atoms with Gasteiger partial charge in [-0.2, -0.15) is 18.4 Å². The van der Waals surface area contributed by atoms with Crippen molar-refractivity contribution < 1.29 is 13.2 Å². The number of halogens is 3. The van der Waals surface area contributed by atoms with Crippen LogP contribution in [-0.4, -0.2) is 42.8 Å². The first-order chi connectivity index (χ1) is 7.32. The van der Waals surface area contributed by atoms with E-state index >= 15 is 0 Å². The monoisotopic (exact) mass is 235 g/mol. The van der Waals surface area contributed by atoms with Gasteiger partial charge < -0.3 is 5.32 Å². The van der Waals surface area contributed by atoms with Crippen LogP contribution in [0.5, 0.6) is 0 Å². The number of nitrogens with zero attached hydrogens (tertiary/aromatic N) is 2. The summed E-state index contributed by atoms with van der Waals surface area (Å²) in [4.78, 5) is 1.70. The second kappa shape index (κ2) is 5.02. The van der Waals surface area contributed by atoms with Crippen LogP contribution in [0.4, 0.5) is 13.2 Å². The Morgan fingerprint density at radius 2 is 1.88 bits per heavy atom. The molecule has 0 aromatic rings. The molecule has 92 valence electrons. The van der Waals surface area contributed by atoms with Crippen LogP contribution in [0.3, 0.4) is 0 Å². The number of alkyl halides is 3. The molecular formula is C10H16F3N3. The second-order valence-corrected chi connectivity index (χ2v) is 4.41. The van der Waals surface area contributed by atoms with Crippen molar-refractivity contribution in [1.29, 1.82) is 5.26 Å². The molecule has 3 atom stereocenters. The molecule has 0 bridgehead atoms. The molecule has 1 saturated heterocycles. The maximum atomic E-state index is 12.4. The molecule has 3 unspecified atom stereocenters. The summed E-state index contributed by atoms with van der Waals surface area (Å²) in [5.41, 5.74) is 0. The molecule has 6 heteroatoms. The lowest BCUT2D eigenvalue weighted by Gasteiger charge is -2.37. The number of hydrogen-bond donors (Lipinski definition) is 1. The molecule has 0 radical (unpaired) electrons. The summed E-state index contributed by atoms with van der Waals surface area (Å²) in [6.07, 6.45) is -4.42. The minimum Gasteiger partial charge on any atom is -0.309 e. The summed E-state index contributed by atoms with van der Waals surface area (Å²) in [6, 6.07) is 1.66. The van der Waals surface area contributed by atoms with Crippen LogP contribution in [0.2, 0.25) is 0 Å². The number of rotatable bonds is 2. The van der Waals surface area contributed by atoms with Crippen molar-refractivity contribution in [2.75, 3.05) is 19.6 Å². The predicted molar refractivity (Wildman–Crippen MR) is 53.7 cm³/mol. The van der Waals surface area contributed by atoms with Gasteiger partial charge in [-0.05, 0) is 13.8 Å². The third-order valence-corrected chi connectivity index (χ3v) is 2.62. The Labute approximate surface area is 93.2 Å². The largest absolute Gasteiger partial charge is 0.405 e. The van der Waals surface area contributed by atoms with E-state index in [1.165, 1.54) is 6.07 Å². The molecule has 1 aliphatic heterocycles. The SMILES string of the molecule is CC1CN(CC(C#N)C(F)(F)F)CC(C)N1. The number of nitriles is 1. The Hall–Kier alpha value is -0.800. The Morgan fingerprint density at radius 3 is 2.25 bits per heavy atom. The Kier molecular flexibility index (Phi) is 4.16. The molecule has 0 aromatic heterocycles. The molecule has 1 heterocycles. The molecule has 0 saturated carbocycles. The van der Waals surface area contributed by atoms with Crippen molar-refractivity contribution in [2.45, 2.75) is 32.1 Å². The molecule has 0 spiro atoms. The van der Waals surface area contributed by atoms with Gasteiger partial charge in [-0.25, -0.2) is 0 Å². The predicted octanol–water partition coefficient (Wildman–Crippen LogP) is 1.37. The van der Waals surface area contributed by atoms with E-state index in [4.69, 9.17) is 5.26 Å². The van der Waals surface area contributed by atoms with Gasteiger partial charge in [-0.3, -0.25) is 4.90 Å². The Morgan fingerprint density at radius 1 is 1.38 bits per heavy atom. The zero-order chi connectivity index (χ0) is 12.3. The van der Waals surface area contributed by atoms with E-state index in [9.17, 15) is 13.2 Å². The highest BCUT2D eigenvalue weighted by Gasteiger charge is 2.41. The average Bonchev–Trinajstić information content (AvgIpc) is 2.10. The lowest BCUT2D eigenvalue weighted by atomic mass is 10.1. The minimum absolute atomic E-state index is 0.163. The van der Waals surface area contributed by atoms with Crippen molar-refractivity contribution in [1.82, 2.24) is 10.2 Å². The highest BCUT2D eigenvalue weighted by molar-refractivity contribution is 4.92. The Balaban J connectivity index is 2.56. The lowest BCUT2D eigenvalue weighted by molar-refractivity contribution is -0.164. The maximum absolute atomic E-state index is 12.4. The van der Waals surface area contributed by atoms with Gasteiger partial charge in [-0.15, -0.1) is 0 Å². The molecular weight excluding hydrogens is 219 g/mol. The van der Waals surface area contributed by atoms with Crippen molar-refractivity contribution in [2.24, 2.45) is 5.92 Å². The molecule has 1 rings (SSSR count). The van der Waals surface area contributed by atoms with Gasteiger partial charge in [0.2, 0.25) is 0 Å². The van der Waals surface area contributed by atoms with Crippen LogP contribution in [-0.2, 0) is 0 Å². The maximum Gasteiger partial charge on any atom is 0.405 e. The first-order valence-corrected chi connectivity index (χ1v) is 5.27. The fourth-order valence-electron chi connectivity index (χ4n) is 2.07. The summed E-state index contributed by atoms with van der Waals surface area (Å²) in [5.74, 6) is -1.88. The van der Waals surface area contributed by atoms with Gasteiger partial charge in [0.25, 0.3) is 0 Å². The quantitative estimate of drug-likeness (QED) is 0.785. The van der Waals surface area contributed by atoms with Crippen molar-refractivity contribution in [3.8, 4) is 6.07 Å². The molecule has 1 aliphatic rings. The van der Waals surface area contributed by atoms with Gasteiger partial charge in [0.15, 0.2) is 5.92 Å². The van der Waals surface area contributed by atoms with Gasteiger partial charge in [0.1, 0.15) is 0 Å². The smallest absolute Gasteiger partial charge is 0.309 e. The van der Waals surface area contributed by atoms with E-state index in [1.807, 2.05) is 13.8 Å². The van der Waals surface area contributed by atoms with Gasteiger partial charge >= 0.3 is 6.18 Å². The summed E-state index contributed by atoms with van der Waals surface area (Å²) < 4.78 is 37.2. The van der Waals surface area contributed by atoms with Crippen molar-refractivity contribution >= 4 is 0 Å². The zero-order valence-corrected chi connectivity index (χ0v) is 9.38. The number of nitrogens with one attached hydrogen (secondary N) is 1. The first-order valence-electron chi connectivity index (χ1n) is 5.27. The number of hydrogen-bond acceptors (Lipinski definition) is 3. The van der Waals surface area contributed by atoms with Crippen LogP contribution in [0, 0.1) is 17.2 Å². The standard InChI is InChI=1S/C10H16F3N3/c1-7-4-16(5-8(2)15-7)6-9(3-14)10(11,12)13/h7-9,15H,4-6H2,1-2H3. The highest BCUT2D eigenvalue weighted by atomic mass is 19.4. The van der Waals surface area contributed by atoms with Gasteiger partial charge in [-0.1, -0.05) is 0 Å². The molecule has 0 aromatic carbocycles. The topological polar surface area (TPSA) is 39.1 Å². The van der Waals surface area contributed by atoms with E-state index in [1.54, 1.807) is 4.90 Å². The zero-order valence-electron chi connectivity index (χ0n) is 9.38. The third-order valence-electron chi connectivity index (χ3n) is 2.62. The van der Waals surface area contributed by atoms with E-state index in [2.05, 4.69) is 5.32 Å². The van der Waals surface area contributed by atoms with Gasteiger partial charge in [0.05, 0.1) is 6.07 Å². The number of piperazine rings is 1. The van der Waals surface area contributed by atoms with Crippen LogP contribution in [0.15, 0.2) is 0 Å². The van der Waals surface area contributed by atoms with Crippen molar-refractivity contribution in [3.05, 3.63) is 0 Å². The second-order valence-electron chi connectivity index (χ2n) is 4.41. The van der Waals surface area contributed by atoms with Gasteiger partial charge in [0, 0.05) is 31.7 Å². The summed E-state index contributed by atoms with van der Waals surface area (Å²) >= 11 is 0. The third kappa shape index (κ3) is 3.65. The molecule has 3 nitrogen and oxygen atoms in total. The van der Waals surface area contributed by atoms with Crippen molar-refractivity contribution in [3.63, 3.8) is 0 Å². The first kappa shape index (κ1) is 13.3. The molecule has 1 fully saturated rings. The fraction of sp³-hybridized carbons (Fsp3) is 0.900. The minimum atomic E-state index is -4.42. The molecule has 0 aliphatic carbocycles. The lowest BCUT2D eigenvalue weighted by Crippen LogP contribution is -2.55. The average molecular weight is 235 g/mol. The van der Waals surface area contributed by atoms with E-state index in [0.29, 0.717) is 13.1 Å². The highest BCUT2D eigenvalue weighted by Crippen LogP contribution is 2.26. The van der Waals surface area contributed by atoms with E-state index in [-0.39, 0.29) is 18.6 Å². The molecule has 1 N–H and O–H groups in total. The van der Waals surface area contributed by atoms with Crippen LogP contribution in [0.25, 0.3) is 0 Å². The van der Waals surface area contributed by atoms with Crippen LogP contribution >= 0.6 is 0 Å². The van der Waals surface area contributed by atoms with E-state index in [0.717, 1.165) is 0 Å². The fourth-order valence-corrected chi connectivity index (χ4v) is 2.07.